The fourth-order valence-corrected chi connectivity index (χ4v) is 1.96. The summed E-state index contributed by atoms with van der Waals surface area (Å²) in [7, 11) is 0. The van der Waals surface area contributed by atoms with Crippen molar-refractivity contribution in [1.82, 2.24) is 0 Å². The molecule has 0 bridgehead atoms. The molecule has 0 aliphatic rings. The Morgan fingerprint density at radius 2 is 1.58 bits per heavy atom. The highest BCUT2D eigenvalue weighted by Gasteiger charge is 2.20. The van der Waals surface area contributed by atoms with Crippen LogP contribution in [0.5, 0.6) is 5.75 Å². The number of primary amides is 1. The maximum absolute atomic E-state index is 12.2. The van der Waals surface area contributed by atoms with Crippen LogP contribution in [0.4, 0.5) is 0 Å². The predicted molar refractivity (Wildman–Crippen MR) is 86.8 cm³/mol. The zero-order valence-electron chi connectivity index (χ0n) is 13.1. The van der Waals surface area contributed by atoms with E-state index in [1.807, 2.05) is 0 Å². The van der Waals surface area contributed by atoms with E-state index in [4.69, 9.17) is 15.2 Å². The number of amides is 1. The molecular weight excluding hydrogens is 310 g/mol. The second-order valence-electron chi connectivity index (χ2n) is 5.06. The number of Topliss-reactive ketones (excluding diaryl/α,β-unsaturated/α-hetero) is 1. The van der Waals surface area contributed by atoms with Gasteiger partial charge in [0.25, 0.3) is 5.91 Å². The third-order valence-electron chi connectivity index (χ3n) is 3.18. The van der Waals surface area contributed by atoms with Crippen LogP contribution in [0.1, 0.15) is 27.6 Å². The second kappa shape index (κ2) is 7.92. The average Bonchev–Trinajstić information content (AvgIpc) is 2.60. The Balaban J connectivity index is 1.96. The van der Waals surface area contributed by atoms with E-state index in [0.29, 0.717) is 11.3 Å². The highest BCUT2D eigenvalue weighted by atomic mass is 16.5. The molecule has 124 valence electrons. The van der Waals surface area contributed by atoms with Crippen molar-refractivity contribution in [2.75, 3.05) is 6.61 Å². The van der Waals surface area contributed by atoms with Crippen LogP contribution in [0.2, 0.25) is 0 Å². The lowest BCUT2D eigenvalue weighted by atomic mass is 10.1. The van der Waals surface area contributed by atoms with Crippen molar-refractivity contribution in [2.24, 2.45) is 5.73 Å². The van der Waals surface area contributed by atoms with Crippen molar-refractivity contribution in [2.45, 2.75) is 13.0 Å². The molecule has 0 fully saturated rings. The molecule has 2 aromatic rings. The lowest BCUT2D eigenvalue weighted by Gasteiger charge is -2.12. The fourth-order valence-electron chi connectivity index (χ4n) is 1.96. The van der Waals surface area contributed by atoms with Crippen LogP contribution < -0.4 is 10.5 Å². The topological polar surface area (TPSA) is 95.7 Å². The van der Waals surface area contributed by atoms with E-state index >= 15 is 0 Å². The largest absolute Gasteiger partial charge is 0.484 e. The standard InChI is InChI=1S/C18H17NO5/c1-12(17(21)13-5-3-2-4-6-13)24-18(22)14-7-9-15(10-8-14)23-11-16(19)20/h2-10,12H,11H2,1H3,(H2,19,20). The minimum Gasteiger partial charge on any atom is -0.484 e. The molecule has 2 N–H and O–H groups in total. The Kier molecular flexibility index (Phi) is 5.68. The Bertz CT molecular complexity index is 725. The summed E-state index contributed by atoms with van der Waals surface area (Å²) in [6, 6.07) is 14.6. The molecule has 0 spiro atoms. The van der Waals surface area contributed by atoms with Crippen molar-refractivity contribution in [1.29, 1.82) is 0 Å². The van der Waals surface area contributed by atoms with E-state index < -0.39 is 18.0 Å². The van der Waals surface area contributed by atoms with Crippen LogP contribution in [0.15, 0.2) is 54.6 Å². The molecule has 0 aliphatic heterocycles. The van der Waals surface area contributed by atoms with Crippen molar-refractivity contribution in [3.8, 4) is 5.75 Å². The van der Waals surface area contributed by atoms with E-state index in [2.05, 4.69) is 0 Å². The Labute approximate surface area is 139 Å². The lowest BCUT2D eigenvalue weighted by Crippen LogP contribution is -2.24. The van der Waals surface area contributed by atoms with Gasteiger partial charge in [0, 0.05) is 5.56 Å². The SMILES string of the molecule is CC(OC(=O)c1ccc(OCC(N)=O)cc1)C(=O)c1ccccc1. The molecule has 1 unspecified atom stereocenters. The normalized spacial score (nSPS) is 11.4. The van der Waals surface area contributed by atoms with Crippen LogP contribution in [0, 0.1) is 0 Å². The highest BCUT2D eigenvalue weighted by molar-refractivity contribution is 6.01. The molecule has 0 saturated heterocycles. The van der Waals surface area contributed by atoms with Crippen LogP contribution in [-0.4, -0.2) is 30.4 Å². The summed E-state index contributed by atoms with van der Waals surface area (Å²) in [5.41, 5.74) is 5.73. The average molecular weight is 327 g/mol. The van der Waals surface area contributed by atoms with Crippen LogP contribution in [0.3, 0.4) is 0 Å². The predicted octanol–water partition coefficient (Wildman–Crippen LogP) is 1.98. The van der Waals surface area contributed by atoms with Gasteiger partial charge in [-0.1, -0.05) is 30.3 Å². The van der Waals surface area contributed by atoms with Gasteiger partial charge in [0.05, 0.1) is 5.56 Å². The summed E-state index contributed by atoms with van der Waals surface area (Å²) >= 11 is 0. The van der Waals surface area contributed by atoms with Gasteiger partial charge < -0.3 is 15.2 Å². The molecule has 1 amide bonds. The van der Waals surface area contributed by atoms with E-state index in [1.165, 1.54) is 31.2 Å². The van der Waals surface area contributed by atoms with Gasteiger partial charge in [-0.2, -0.15) is 0 Å². The number of hydrogen-bond donors (Lipinski definition) is 1. The molecule has 6 nitrogen and oxygen atoms in total. The summed E-state index contributed by atoms with van der Waals surface area (Å²) < 4.78 is 10.3. The maximum Gasteiger partial charge on any atom is 0.338 e. The minimum absolute atomic E-state index is 0.244. The molecule has 2 rings (SSSR count). The van der Waals surface area contributed by atoms with E-state index in [0.717, 1.165) is 0 Å². The second-order valence-corrected chi connectivity index (χ2v) is 5.06. The molecule has 24 heavy (non-hydrogen) atoms. The monoisotopic (exact) mass is 327 g/mol. The van der Waals surface area contributed by atoms with Gasteiger partial charge in [0.1, 0.15) is 5.75 Å². The zero-order chi connectivity index (χ0) is 17.5. The third-order valence-corrected chi connectivity index (χ3v) is 3.18. The molecule has 0 saturated carbocycles. The first-order valence-corrected chi connectivity index (χ1v) is 7.29. The summed E-state index contributed by atoms with van der Waals surface area (Å²) in [5.74, 6) is -1.08. The molecule has 1 atom stereocenters. The number of hydrogen-bond acceptors (Lipinski definition) is 5. The maximum atomic E-state index is 12.2. The van der Waals surface area contributed by atoms with E-state index in [-0.39, 0.29) is 18.0 Å². The number of carbonyl (C=O) groups excluding carboxylic acids is 3. The first kappa shape index (κ1) is 17.2. The van der Waals surface area contributed by atoms with Gasteiger partial charge >= 0.3 is 5.97 Å². The van der Waals surface area contributed by atoms with E-state index in [9.17, 15) is 14.4 Å². The van der Waals surface area contributed by atoms with Crippen molar-refractivity contribution >= 4 is 17.7 Å². The zero-order valence-corrected chi connectivity index (χ0v) is 13.1. The summed E-state index contributed by atoms with van der Waals surface area (Å²) in [6.07, 6.45) is -0.898. The quantitative estimate of drug-likeness (QED) is 0.619. The summed E-state index contributed by atoms with van der Waals surface area (Å²) in [4.78, 5) is 34.9. The highest BCUT2D eigenvalue weighted by Crippen LogP contribution is 2.14. The Morgan fingerprint density at radius 3 is 2.17 bits per heavy atom. The first-order valence-electron chi connectivity index (χ1n) is 7.29. The van der Waals surface area contributed by atoms with Crippen LogP contribution >= 0.6 is 0 Å². The number of rotatable bonds is 7. The number of ketones is 1. The van der Waals surface area contributed by atoms with Gasteiger partial charge in [-0.15, -0.1) is 0 Å². The number of esters is 1. The number of benzene rings is 2. The van der Waals surface area contributed by atoms with Crippen molar-refractivity contribution in [3.05, 3.63) is 65.7 Å². The Hall–Kier alpha value is -3.15. The molecule has 0 heterocycles. The number of ether oxygens (including phenoxy) is 2. The van der Waals surface area contributed by atoms with Gasteiger partial charge in [0.15, 0.2) is 12.7 Å². The van der Waals surface area contributed by atoms with Crippen molar-refractivity contribution in [3.63, 3.8) is 0 Å². The van der Waals surface area contributed by atoms with Gasteiger partial charge in [-0.3, -0.25) is 9.59 Å². The number of carbonyl (C=O) groups is 3. The molecule has 0 radical (unpaired) electrons. The van der Waals surface area contributed by atoms with Gasteiger partial charge in [-0.05, 0) is 31.2 Å². The third kappa shape index (κ3) is 4.67. The van der Waals surface area contributed by atoms with Gasteiger partial charge in [0.2, 0.25) is 5.78 Å². The van der Waals surface area contributed by atoms with Crippen LogP contribution in [-0.2, 0) is 9.53 Å². The molecule has 0 aliphatic carbocycles. The van der Waals surface area contributed by atoms with Crippen molar-refractivity contribution < 1.29 is 23.9 Å². The molecule has 6 heteroatoms. The van der Waals surface area contributed by atoms with Crippen LogP contribution in [0.25, 0.3) is 0 Å². The molecular formula is C18H17NO5. The van der Waals surface area contributed by atoms with E-state index in [1.54, 1.807) is 30.3 Å². The lowest BCUT2D eigenvalue weighted by molar-refractivity contribution is -0.119. The first-order chi connectivity index (χ1) is 11.5. The summed E-state index contributed by atoms with van der Waals surface area (Å²) in [6.45, 7) is 1.28. The fraction of sp³-hybridized carbons (Fsp3) is 0.167. The molecule has 0 aromatic heterocycles. The minimum atomic E-state index is -0.898. The summed E-state index contributed by atoms with van der Waals surface area (Å²) in [5, 5.41) is 0. The number of nitrogens with two attached hydrogens (primary N) is 1. The molecule has 2 aromatic carbocycles. The Morgan fingerprint density at radius 1 is 0.958 bits per heavy atom. The smallest absolute Gasteiger partial charge is 0.338 e. The van der Waals surface area contributed by atoms with Gasteiger partial charge in [-0.25, -0.2) is 4.79 Å².